The van der Waals surface area contributed by atoms with Gasteiger partial charge in [0.05, 0.1) is 19.8 Å². The average Bonchev–Trinajstić information content (AvgIpc) is 2.54. The van der Waals surface area contributed by atoms with Crippen LogP contribution < -0.4 is 14.8 Å². The van der Waals surface area contributed by atoms with Gasteiger partial charge in [-0.15, -0.1) is 0 Å². The van der Waals surface area contributed by atoms with E-state index in [9.17, 15) is 4.79 Å². The van der Waals surface area contributed by atoms with Crippen molar-refractivity contribution in [3.8, 4) is 11.5 Å². The fraction of sp³-hybridized carbons (Fsp3) is 0.588. The maximum atomic E-state index is 12.4. The SMILES string of the molecule is CCC1CCC(NC(=O)c2ccc(OC)cc2OC)CC1. The molecule has 0 unspecified atom stereocenters. The van der Waals surface area contributed by atoms with Crippen molar-refractivity contribution in [1.82, 2.24) is 5.32 Å². The molecule has 21 heavy (non-hydrogen) atoms. The zero-order chi connectivity index (χ0) is 15.2. The van der Waals surface area contributed by atoms with Crippen LogP contribution in [0.25, 0.3) is 0 Å². The summed E-state index contributed by atoms with van der Waals surface area (Å²) in [5.41, 5.74) is 0.566. The highest BCUT2D eigenvalue weighted by atomic mass is 16.5. The minimum atomic E-state index is -0.0607. The van der Waals surface area contributed by atoms with Gasteiger partial charge in [-0.3, -0.25) is 4.79 Å². The molecule has 1 aromatic rings. The van der Waals surface area contributed by atoms with E-state index in [1.807, 2.05) is 0 Å². The van der Waals surface area contributed by atoms with Crippen LogP contribution in [0.3, 0.4) is 0 Å². The van der Waals surface area contributed by atoms with E-state index in [-0.39, 0.29) is 11.9 Å². The molecule has 0 spiro atoms. The van der Waals surface area contributed by atoms with Crippen LogP contribution in [-0.4, -0.2) is 26.2 Å². The van der Waals surface area contributed by atoms with Crippen LogP contribution in [0, 0.1) is 5.92 Å². The molecule has 116 valence electrons. The third-order valence-corrected chi connectivity index (χ3v) is 4.41. The van der Waals surface area contributed by atoms with Gasteiger partial charge in [-0.25, -0.2) is 0 Å². The first-order chi connectivity index (χ1) is 10.2. The molecule has 1 N–H and O–H groups in total. The van der Waals surface area contributed by atoms with Gasteiger partial charge in [0.25, 0.3) is 5.91 Å². The second kappa shape index (κ2) is 7.34. The van der Waals surface area contributed by atoms with Crippen molar-refractivity contribution in [2.45, 2.75) is 45.1 Å². The molecule has 4 heteroatoms. The summed E-state index contributed by atoms with van der Waals surface area (Å²) in [5.74, 6) is 2.00. The van der Waals surface area contributed by atoms with Crippen molar-refractivity contribution in [3.63, 3.8) is 0 Å². The Kier molecular flexibility index (Phi) is 5.48. The summed E-state index contributed by atoms with van der Waals surface area (Å²) < 4.78 is 10.4. The normalized spacial score (nSPS) is 21.7. The first-order valence-electron chi connectivity index (χ1n) is 7.70. The van der Waals surface area contributed by atoms with Crippen molar-refractivity contribution >= 4 is 5.91 Å². The van der Waals surface area contributed by atoms with Gasteiger partial charge in [0.1, 0.15) is 11.5 Å². The zero-order valence-corrected chi connectivity index (χ0v) is 13.1. The number of ether oxygens (including phenoxy) is 2. The minimum absolute atomic E-state index is 0.0607. The molecule has 0 aliphatic heterocycles. The highest BCUT2D eigenvalue weighted by molar-refractivity contribution is 5.97. The summed E-state index contributed by atoms with van der Waals surface area (Å²) in [4.78, 5) is 12.4. The zero-order valence-electron chi connectivity index (χ0n) is 13.1. The molecule has 0 aromatic heterocycles. The summed E-state index contributed by atoms with van der Waals surface area (Å²) in [5, 5.41) is 3.13. The molecule has 0 saturated heterocycles. The quantitative estimate of drug-likeness (QED) is 0.904. The van der Waals surface area contributed by atoms with Gasteiger partial charge in [0.15, 0.2) is 0 Å². The van der Waals surface area contributed by atoms with Crippen LogP contribution in [0.15, 0.2) is 18.2 Å². The molecule has 1 aliphatic rings. The number of methoxy groups -OCH3 is 2. The number of amides is 1. The van der Waals surface area contributed by atoms with Crippen LogP contribution in [0.2, 0.25) is 0 Å². The van der Waals surface area contributed by atoms with Crippen LogP contribution in [0.4, 0.5) is 0 Å². The van der Waals surface area contributed by atoms with E-state index in [4.69, 9.17) is 9.47 Å². The predicted molar refractivity (Wildman–Crippen MR) is 83.0 cm³/mol. The summed E-state index contributed by atoms with van der Waals surface area (Å²) in [6.45, 7) is 2.24. The smallest absolute Gasteiger partial charge is 0.255 e. The Morgan fingerprint density at radius 3 is 2.48 bits per heavy atom. The topological polar surface area (TPSA) is 47.6 Å². The lowest BCUT2D eigenvalue weighted by atomic mass is 9.84. The van der Waals surface area contributed by atoms with E-state index < -0.39 is 0 Å². The van der Waals surface area contributed by atoms with E-state index in [1.54, 1.807) is 32.4 Å². The number of carbonyl (C=O) groups is 1. The number of nitrogens with one attached hydrogen (secondary N) is 1. The van der Waals surface area contributed by atoms with Gasteiger partial charge >= 0.3 is 0 Å². The molecule has 0 atom stereocenters. The second-order valence-electron chi connectivity index (χ2n) is 5.67. The van der Waals surface area contributed by atoms with Crippen molar-refractivity contribution in [3.05, 3.63) is 23.8 Å². The Hall–Kier alpha value is -1.71. The number of carbonyl (C=O) groups excluding carboxylic acids is 1. The van der Waals surface area contributed by atoms with E-state index in [1.165, 1.54) is 19.3 Å². The lowest BCUT2D eigenvalue weighted by molar-refractivity contribution is 0.0918. The van der Waals surface area contributed by atoms with E-state index in [0.717, 1.165) is 18.8 Å². The molecule has 1 aliphatic carbocycles. The van der Waals surface area contributed by atoms with Crippen LogP contribution in [0.5, 0.6) is 11.5 Å². The summed E-state index contributed by atoms with van der Waals surface area (Å²) >= 11 is 0. The van der Waals surface area contributed by atoms with E-state index >= 15 is 0 Å². The minimum Gasteiger partial charge on any atom is -0.497 e. The van der Waals surface area contributed by atoms with Gasteiger partial charge in [0.2, 0.25) is 0 Å². The van der Waals surface area contributed by atoms with Gasteiger partial charge in [0, 0.05) is 12.1 Å². The van der Waals surface area contributed by atoms with Crippen molar-refractivity contribution < 1.29 is 14.3 Å². The molecule has 4 nitrogen and oxygen atoms in total. The molecule has 2 rings (SSSR count). The Balaban J connectivity index is 2.00. The first kappa shape index (κ1) is 15.7. The van der Waals surface area contributed by atoms with Crippen molar-refractivity contribution in [2.75, 3.05) is 14.2 Å². The molecule has 0 bridgehead atoms. The largest absolute Gasteiger partial charge is 0.497 e. The highest BCUT2D eigenvalue weighted by Gasteiger charge is 2.23. The highest BCUT2D eigenvalue weighted by Crippen LogP contribution is 2.28. The number of rotatable bonds is 5. The second-order valence-corrected chi connectivity index (χ2v) is 5.67. The molecular weight excluding hydrogens is 266 g/mol. The van der Waals surface area contributed by atoms with Crippen LogP contribution in [-0.2, 0) is 0 Å². The van der Waals surface area contributed by atoms with E-state index in [0.29, 0.717) is 17.1 Å². The average molecular weight is 291 g/mol. The molecule has 1 fully saturated rings. The standard InChI is InChI=1S/C17H25NO3/c1-4-12-5-7-13(8-6-12)18-17(19)15-10-9-14(20-2)11-16(15)21-3/h9-13H,4-8H2,1-3H3,(H,18,19). The number of hydrogen-bond acceptors (Lipinski definition) is 3. The Morgan fingerprint density at radius 2 is 1.90 bits per heavy atom. The Labute approximate surface area is 126 Å². The van der Waals surface area contributed by atoms with Gasteiger partial charge in [-0.1, -0.05) is 13.3 Å². The number of hydrogen-bond donors (Lipinski definition) is 1. The Bertz CT molecular complexity index is 479. The molecule has 1 saturated carbocycles. The summed E-state index contributed by atoms with van der Waals surface area (Å²) in [7, 11) is 3.17. The van der Waals surface area contributed by atoms with E-state index in [2.05, 4.69) is 12.2 Å². The van der Waals surface area contributed by atoms with Crippen LogP contribution >= 0.6 is 0 Å². The lowest BCUT2D eigenvalue weighted by Crippen LogP contribution is -2.37. The summed E-state index contributed by atoms with van der Waals surface area (Å²) in [6, 6.07) is 5.56. The van der Waals surface area contributed by atoms with Gasteiger partial charge < -0.3 is 14.8 Å². The molecular formula is C17H25NO3. The molecule has 1 amide bonds. The third-order valence-electron chi connectivity index (χ3n) is 4.41. The molecule has 0 heterocycles. The monoisotopic (exact) mass is 291 g/mol. The van der Waals surface area contributed by atoms with Crippen molar-refractivity contribution in [1.29, 1.82) is 0 Å². The van der Waals surface area contributed by atoms with Gasteiger partial charge in [-0.2, -0.15) is 0 Å². The lowest BCUT2D eigenvalue weighted by Gasteiger charge is -2.28. The third kappa shape index (κ3) is 3.90. The fourth-order valence-corrected chi connectivity index (χ4v) is 2.96. The van der Waals surface area contributed by atoms with Crippen LogP contribution in [0.1, 0.15) is 49.4 Å². The molecule has 1 aromatic carbocycles. The molecule has 0 radical (unpaired) electrons. The fourth-order valence-electron chi connectivity index (χ4n) is 2.96. The maximum Gasteiger partial charge on any atom is 0.255 e. The summed E-state index contributed by atoms with van der Waals surface area (Å²) in [6.07, 6.45) is 5.81. The number of benzene rings is 1. The Morgan fingerprint density at radius 1 is 1.19 bits per heavy atom. The first-order valence-corrected chi connectivity index (χ1v) is 7.70. The predicted octanol–water partition coefficient (Wildman–Crippen LogP) is 3.40. The van der Waals surface area contributed by atoms with Crippen molar-refractivity contribution in [2.24, 2.45) is 5.92 Å². The maximum absolute atomic E-state index is 12.4. The van der Waals surface area contributed by atoms with Gasteiger partial charge in [-0.05, 0) is 43.7 Å².